The Morgan fingerprint density at radius 3 is 2.77 bits per heavy atom. The van der Waals surface area contributed by atoms with Crippen molar-refractivity contribution < 1.29 is 4.79 Å². The minimum absolute atomic E-state index is 0.144. The Bertz CT molecular complexity index is 699. The molecule has 2 aromatic heterocycles. The Morgan fingerprint density at radius 2 is 2.05 bits per heavy atom. The van der Waals surface area contributed by atoms with E-state index in [0.29, 0.717) is 11.8 Å². The molecule has 3 heterocycles. The Morgan fingerprint density at radius 1 is 1.27 bits per heavy atom. The molecular weight excluding hydrogens is 280 g/mol. The quantitative estimate of drug-likeness (QED) is 0.912. The first-order valence-corrected chi connectivity index (χ1v) is 7.93. The van der Waals surface area contributed by atoms with Crippen molar-refractivity contribution in [1.82, 2.24) is 24.9 Å². The lowest BCUT2D eigenvalue weighted by Crippen LogP contribution is -2.41. The van der Waals surface area contributed by atoms with Gasteiger partial charge in [-0.05, 0) is 32.6 Å². The number of aromatic nitrogens is 4. The number of carbonyl (C=O) groups excluding carboxylic acids is 1. The highest BCUT2D eigenvalue weighted by Crippen LogP contribution is 2.25. The lowest BCUT2D eigenvalue weighted by atomic mass is 9.96. The highest BCUT2D eigenvalue weighted by Gasteiger charge is 2.30. The topological polar surface area (TPSA) is 75.4 Å². The van der Waals surface area contributed by atoms with Crippen molar-refractivity contribution in [3.8, 4) is 0 Å². The predicted octanol–water partition coefficient (Wildman–Crippen LogP) is 0.928. The molecule has 0 unspecified atom stereocenters. The van der Waals surface area contributed by atoms with Crippen molar-refractivity contribution in [2.24, 2.45) is 5.92 Å². The van der Waals surface area contributed by atoms with Crippen LogP contribution in [0.2, 0.25) is 0 Å². The van der Waals surface area contributed by atoms with Crippen LogP contribution in [0.4, 0.5) is 5.82 Å². The van der Waals surface area contributed by atoms with Gasteiger partial charge in [0.15, 0.2) is 0 Å². The minimum atomic E-state index is 0.144. The first-order chi connectivity index (χ1) is 10.7. The molecule has 2 aliphatic rings. The molecule has 2 fully saturated rings. The van der Waals surface area contributed by atoms with Crippen LogP contribution in [0.5, 0.6) is 0 Å². The third kappa shape index (κ3) is 2.51. The summed E-state index contributed by atoms with van der Waals surface area (Å²) in [6, 6.07) is 2.48. The van der Waals surface area contributed by atoms with Gasteiger partial charge in [0.1, 0.15) is 12.1 Å². The van der Waals surface area contributed by atoms with Crippen LogP contribution in [-0.4, -0.2) is 44.6 Å². The molecule has 0 radical (unpaired) electrons. The number of hydrogen-bond acceptors (Lipinski definition) is 5. The smallest absolute Gasteiger partial charge is 0.254 e. The number of nitrogens with zero attached hydrogens (tertiary/aromatic N) is 5. The van der Waals surface area contributed by atoms with E-state index in [1.165, 1.54) is 6.33 Å². The third-order valence-electron chi connectivity index (χ3n) is 4.47. The van der Waals surface area contributed by atoms with Crippen LogP contribution in [-0.2, 0) is 4.79 Å². The average molecular weight is 300 g/mol. The van der Waals surface area contributed by atoms with E-state index in [1.807, 2.05) is 13.0 Å². The summed E-state index contributed by atoms with van der Waals surface area (Å²) >= 11 is 0. The fraction of sp³-hybridized carbons (Fsp3) is 0.600. The maximum absolute atomic E-state index is 12.1. The van der Waals surface area contributed by atoms with E-state index in [1.54, 1.807) is 4.52 Å². The Labute approximate surface area is 128 Å². The van der Waals surface area contributed by atoms with Gasteiger partial charge in [-0.15, -0.1) is 0 Å². The normalized spacial score (nSPS) is 19.6. The van der Waals surface area contributed by atoms with Gasteiger partial charge in [0.25, 0.3) is 5.78 Å². The molecule has 116 valence electrons. The Balaban J connectivity index is 1.48. The van der Waals surface area contributed by atoms with E-state index in [0.717, 1.165) is 50.3 Å². The largest absolute Gasteiger partial charge is 0.356 e. The van der Waals surface area contributed by atoms with Gasteiger partial charge >= 0.3 is 0 Å². The molecular formula is C15H20N6O. The number of hydrogen-bond donors (Lipinski definition) is 1. The number of nitrogens with one attached hydrogen (secondary N) is 1. The lowest BCUT2D eigenvalue weighted by molar-refractivity contribution is -0.125. The second kappa shape index (κ2) is 5.23. The number of piperidine rings is 1. The Hall–Kier alpha value is -2.18. The zero-order chi connectivity index (χ0) is 15.1. The Kier molecular flexibility index (Phi) is 3.20. The van der Waals surface area contributed by atoms with Crippen LogP contribution < -0.4 is 10.2 Å². The highest BCUT2D eigenvalue weighted by molar-refractivity contribution is 5.79. The van der Waals surface area contributed by atoms with Crippen LogP contribution in [0.3, 0.4) is 0 Å². The standard InChI is InChI=1S/C15H20N6O/c1-10-8-13(21-15(18-10)16-9-17-21)20-6-4-11(5-7-20)14(22)19-12-2-3-12/h8-9,11-12H,2-7H2,1H3,(H,19,22). The fourth-order valence-electron chi connectivity index (χ4n) is 3.05. The average Bonchev–Trinajstić information content (AvgIpc) is 3.21. The number of anilines is 1. The molecule has 0 spiro atoms. The fourth-order valence-corrected chi connectivity index (χ4v) is 3.05. The first kappa shape index (κ1) is 13.5. The summed E-state index contributed by atoms with van der Waals surface area (Å²) in [7, 11) is 0. The van der Waals surface area contributed by atoms with E-state index < -0.39 is 0 Å². The molecule has 7 heteroatoms. The summed E-state index contributed by atoms with van der Waals surface area (Å²) in [6.07, 6.45) is 5.59. The SMILES string of the molecule is Cc1cc(N2CCC(C(=O)NC3CC3)CC2)n2ncnc2n1. The summed E-state index contributed by atoms with van der Waals surface area (Å²) in [5, 5.41) is 7.38. The van der Waals surface area contributed by atoms with E-state index in [-0.39, 0.29) is 11.8 Å². The van der Waals surface area contributed by atoms with Crippen molar-refractivity contribution in [1.29, 1.82) is 0 Å². The van der Waals surface area contributed by atoms with Crippen molar-refractivity contribution >= 4 is 17.5 Å². The van der Waals surface area contributed by atoms with E-state index in [9.17, 15) is 4.79 Å². The van der Waals surface area contributed by atoms with E-state index in [4.69, 9.17) is 0 Å². The number of carbonyl (C=O) groups is 1. The predicted molar refractivity (Wildman–Crippen MR) is 81.6 cm³/mol. The molecule has 1 saturated heterocycles. The lowest BCUT2D eigenvalue weighted by Gasteiger charge is -2.32. The first-order valence-electron chi connectivity index (χ1n) is 7.93. The van der Waals surface area contributed by atoms with Gasteiger partial charge in [0.05, 0.1) is 0 Å². The molecule has 1 amide bonds. The van der Waals surface area contributed by atoms with Crippen molar-refractivity contribution in [3.63, 3.8) is 0 Å². The zero-order valence-electron chi connectivity index (χ0n) is 12.7. The van der Waals surface area contributed by atoms with Crippen molar-refractivity contribution in [2.75, 3.05) is 18.0 Å². The second-order valence-electron chi connectivity index (χ2n) is 6.27. The van der Waals surface area contributed by atoms with Gasteiger partial charge in [0.2, 0.25) is 5.91 Å². The number of fused-ring (bicyclic) bond motifs is 1. The summed E-state index contributed by atoms with van der Waals surface area (Å²) in [5.74, 6) is 2.02. The highest BCUT2D eigenvalue weighted by atomic mass is 16.2. The third-order valence-corrected chi connectivity index (χ3v) is 4.47. The van der Waals surface area contributed by atoms with Gasteiger partial charge in [0, 0.05) is 36.8 Å². The summed E-state index contributed by atoms with van der Waals surface area (Å²) in [5.41, 5.74) is 0.934. The maximum Gasteiger partial charge on any atom is 0.254 e. The molecule has 0 bridgehead atoms. The summed E-state index contributed by atoms with van der Waals surface area (Å²) in [6.45, 7) is 3.69. The van der Waals surface area contributed by atoms with Gasteiger partial charge in [-0.3, -0.25) is 4.79 Å². The molecule has 22 heavy (non-hydrogen) atoms. The maximum atomic E-state index is 12.1. The molecule has 2 aromatic rings. The van der Waals surface area contributed by atoms with Gasteiger partial charge in [-0.2, -0.15) is 14.6 Å². The van der Waals surface area contributed by atoms with Crippen LogP contribution in [0, 0.1) is 12.8 Å². The minimum Gasteiger partial charge on any atom is -0.356 e. The van der Waals surface area contributed by atoms with Crippen LogP contribution in [0.15, 0.2) is 12.4 Å². The molecule has 0 atom stereocenters. The van der Waals surface area contributed by atoms with Crippen molar-refractivity contribution in [2.45, 2.75) is 38.6 Å². The summed E-state index contributed by atoms with van der Waals surface area (Å²) in [4.78, 5) is 23.0. The van der Waals surface area contributed by atoms with E-state index >= 15 is 0 Å². The van der Waals surface area contributed by atoms with Crippen LogP contribution >= 0.6 is 0 Å². The van der Waals surface area contributed by atoms with Crippen LogP contribution in [0.1, 0.15) is 31.4 Å². The number of rotatable bonds is 3. The van der Waals surface area contributed by atoms with Gasteiger partial charge < -0.3 is 10.2 Å². The molecule has 1 aliphatic carbocycles. The molecule has 7 nitrogen and oxygen atoms in total. The van der Waals surface area contributed by atoms with Crippen LogP contribution in [0.25, 0.3) is 5.78 Å². The molecule has 1 N–H and O–H groups in total. The molecule has 4 rings (SSSR count). The molecule has 1 saturated carbocycles. The monoisotopic (exact) mass is 300 g/mol. The number of aryl methyl sites for hydroxylation is 1. The molecule has 1 aliphatic heterocycles. The van der Waals surface area contributed by atoms with Crippen molar-refractivity contribution in [3.05, 3.63) is 18.1 Å². The zero-order valence-corrected chi connectivity index (χ0v) is 12.7. The number of amides is 1. The van der Waals surface area contributed by atoms with E-state index in [2.05, 4.69) is 25.3 Å². The second-order valence-corrected chi connectivity index (χ2v) is 6.27. The van der Waals surface area contributed by atoms with Gasteiger partial charge in [-0.25, -0.2) is 4.98 Å². The molecule has 0 aromatic carbocycles. The summed E-state index contributed by atoms with van der Waals surface area (Å²) < 4.78 is 1.78. The van der Waals surface area contributed by atoms with Gasteiger partial charge in [-0.1, -0.05) is 0 Å².